The van der Waals surface area contributed by atoms with Gasteiger partial charge in [0.2, 0.25) is 0 Å². The Morgan fingerprint density at radius 2 is 2.25 bits per heavy atom. The van der Waals surface area contributed by atoms with Crippen LogP contribution >= 0.6 is 12.2 Å². The van der Waals surface area contributed by atoms with Gasteiger partial charge in [-0.2, -0.15) is 0 Å². The highest BCUT2D eigenvalue weighted by molar-refractivity contribution is 7.80. The maximum absolute atomic E-state index is 5.56. The van der Waals surface area contributed by atoms with Gasteiger partial charge in [0, 0.05) is 24.4 Å². The van der Waals surface area contributed by atoms with Crippen LogP contribution in [0, 0.1) is 6.92 Å². The van der Waals surface area contributed by atoms with E-state index >= 15 is 0 Å². The van der Waals surface area contributed by atoms with Crippen LogP contribution in [0.15, 0.2) is 18.2 Å². The number of hydrogen-bond donors (Lipinski definition) is 2. The van der Waals surface area contributed by atoms with Gasteiger partial charge in [0.1, 0.15) is 4.99 Å². The van der Waals surface area contributed by atoms with Crippen molar-refractivity contribution in [2.45, 2.75) is 13.8 Å². The second-order valence-corrected chi connectivity index (χ2v) is 3.96. The van der Waals surface area contributed by atoms with Gasteiger partial charge in [0.15, 0.2) is 0 Å². The van der Waals surface area contributed by atoms with Crippen LogP contribution in [0.4, 0.5) is 5.69 Å². The molecule has 1 aromatic rings. The number of nitrogens with two attached hydrogens (primary N) is 1. The largest absolute Gasteiger partial charge is 0.389 e. The topological polar surface area (TPSA) is 47.3 Å². The van der Waals surface area contributed by atoms with Crippen LogP contribution in [-0.2, 0) is 4.74 Å². The van der Waals surface area contributed by atoms with Crippen LogP contribution in [0.2, 0.25) is 0 Å². The number of benzene rings is 1. The van der Waals surface area contributed by atoms with E-state index in [9.17, 15) is 0 Å². The van der Waals surface area contributed by atoms with Crippen molar-refractivity contribution in [1.82, 2.24) is 0 Å². The van der Waals surface area contributed by atoms with Gasteiger partial charge in [-0.1, -0.05) is 12.2 Å². The fourth-order valence-corrected chi connectivity index (χ4v) is 1.54. The Morgan fingerprint density at radius 1 is 1.50 bits per heavy atom. The summed E-state index contributed by atoms with van der Waals surface area (Å²) in [6, 6.07) is 5.92. The highest BCUT2D eigenvalue weighted by Gasteiger charge is 2.01. The van der Waals surface area contributed by atoms with Crippen molar-refractivity contribution in [3.8, 4) is 0 Å². The van der Waals surface area contributed by atoms with Crippen LogP contribution < -0.4 is 11.1 Å². The third-order valence-corrected chi connectivity index (χ3v) is 2.51. The van der Waals surface area contributed by atoms with Crippen LogP contribution in [0.3, 0.4) is 0 Å². The molecular weight excluding hydrogens is 220 g/mol. The second-order valence-electron chi connectivity index (χ2n) is 3.52. The molecule has 88 valence electrons. The third kappa shape index (κ3) is 3.79. The molecule has 0 aliphatic heterocycles. The predicted molar refractivity (Wildman–Crippen MR) is 72.0 cm³/mol. The van der Waals surface area contributed by atoms with E-state index in [0.29, 0.717) is 11.6 Å². The zero-order valence-corrected chi connectivity index (χ0v) is 10.6. The zero-order chi connectivity index (χ0) is 12.0. The van der Waals surface area contributed by atoms with Gasteiger partial charge in [-0.3, -0.25) is 0 Å². The molecule has 3 N–H and O–H groups in total. The highest BCUT2D eigenvalue weighted by Crippen LogP contribution is 2.16. The van der Waals surface area contributed by atoms with E-state index in [4.69, 9.17) is 22.7 Å². The molecule has 0 radical (unpaired) electrons. The van der Waals surface area contributed by atoms with Crippen LogP contribution in [0.1, 0.15) is 18.1 Å². The van der Waals surface area contributed by atoms with Crippen molar-refractivity contribution in [2.24, 2.45) is 5.73 Å². The smallest absolute Gasteiger partial charge is 0.103 e. The van der Waals surface area contributed by atoms with E-state index in [1.807, 2.05) is 32.0 Å². The van der Waals surface area contributed by atoms with Crippen molar-refractivity contribution in [3.63, 3.8) is 0 Å². The summed E-state index contributed by atoms with van der Waals surface area (Å²) in [6.45, 7) is 6.29. The van der Waals surface area contributed by atoms with E-state index in [-0.39, 0.29) is 0 Å². The number of ether oxygens (including phenoxy) is 1. The van der Waals surface area contributed by atoms with Gasteiger partial charge in [0.25, 0.3) is 0 Å². The average molecular weight is 238 g/mol. The maximum Gasteiger partial charge on any atom is 0.103 e. The summed E-state index contributed by atoms with van der Waals surface area (Å²) in [4.78, 5) is 0.434. The first-order valence-electron chi connectivity index (χ1n) is 5.37. The lowest BCUT2D eigenvalue weighted by molar-refractivity contribution is 0.158. The lowest BCUT2D eigenvalue weighted by Crippen LogP contribution is -2.12. The molecule has 0 bridgehead atoms. The molecule has 0 aromatic heterocycles. The molecule has 16 heavy (non-hydrogen) atoms. The van der Waals surface area contributed by atoms with Crippen molar-refractivity contribution in [3.05, 3.63) is 29.3 Å². The molecule has 4 heteroatoms. The first kappa shape index (κ1) is 12.9. The summed E-state index contributed by atoms with van der Waals surface area (Å²) in [5.74, 6) is 0. The Bertz CT molecular complexity index is 366. The number of nitrogens with one attached hydrogen (secondary N) is 1. The first-order valence-corrected chi connectivity index (χ1v) is 5.78. The molecule has 0 aliphatic carbocycles. The van der Waals surface area contributed by atoms with Gasteiger partial charge in [-0.15, -0.1) is 0 Å². The summed E-state index contributed by atoms with van der Waals surface area (Å²) in [6.07, 6.45) is 0. The third-order valence-electron chi connectivity index (χ3n) is 2.28. The van der Waals surface area contributed by atoms with E-state index in [1.165, 1.54) is 0 Å². The number of aryl methyl sites for hydroxylation is 1. The quantitative estimate of drug-likeness (QED) is 0.588. The first-order chi connectivity index (χ1) is 7.65. The minimum absolute atomic E-state index is 0.434. The fraction of sp³-hybridized carbons (Fsp3) is 0.417. The Kier molecular flexibility index (Phi) is 5.22. The molecule has 1 aromatic carbocycles. The Balaban J connectivity index is 2.57. The number of thiocarbonyl (C=S) groups is 1. The minimum Gasteiger partial charge on any atom is -0.389 e. The van der Waals surface area contributed by atoms with Crippen molar-refractivity contribution >= 4 is 22.9 Å². The van der Waals surface area contributed by atoms with Crippen LogP contribution in [-0.4, -0.2) is 24.7 Å². The number of hydrogen-bond acceptors (Lipinski definition) is 3. The lowest BCUT2D eigenvalue weighted by Gasteiger charge is -2.10. The van der Waals surface area contributed by atoms with Crippen LogP contribution in [0.5, 0.6) is 0 Å². The summed E-state index contributed by atoms with van der Waals surface area (Å²) in [5, 5.41) is 3.30. The maximum atomic E-state index is 5.56. The molecule has 0 amide bonds. The molecule has 0 aliphatic rings. The summed E-state index contributed by atoms with van der Waals surface area (Å²) >= 11 is 4.92. The molecule has 0 atom stereocenters. The molecule has 3 nitrogen and oxygen atoms in total. The SMILES string of the molecule is CCOCCNc1ccc(C(N)=S)cc1C. The van der Waals surface area contributed by atoms with Gasteiger partial charge in [-0.25, -0.2) is 0 Å². The zero-order valence-electron chi connectivity index (χ0n) is 9.75. The Labute approximate surface area is 102 Å². The predicted octanol–water partition coefficient (Wildman–Crippen LogP) is 2.08. The van der Waals surface area contributed by atoms with Gasteiger partial charge < -0.3 is 15.8 Å². The number of rotatable bonds is 6. The standard InChI is InChI=1S/C12H18N2OS/c1-3-15-7-6-14-11-5-4-10(12(13)16)8-9(11)2/h4-5,8,14H,3,6-7H2,1-2H3,(H2,13,16). The molecule has 0 saturated heterocycles. The second kappa shape index (κ2) is 6.45. The summed E-state index contributed by atoms with van der Waals surface area (Å²) < 4.78 is 5.25. The van der Waals surface area contributed by atoms with E-state index in [1.54, 1.807) is 0 Å². The molecular formula is C12H18N2OS. The van der Waals surface area contributed by atoms with E-state index in [2.05, 4.69) is 5.32 Å². The van der Waals surface area contributed by atoms with Gasteiger partial charge in [-0.05, 0) is 37.6 Å². The highest BCUT2D eigenvalue weighted by atomic mass is 32.1. The Hall–Kier alpha value is -1.13. The molecule has 0 unspecified atom stereocenters. The fourth-order valence-electron chi connectivity index (χ4n) is 1.42. The molecule has 0 saturated carbocycles. The van der Waals surface area contributed by atoms with Crippen molar-refractivity contribution in [2.75, 3.05) is 25.1 Å². The van der Waals surface area contributed by atoms with Gasteiger partial charge >= 0.3 is 0 Å². The van der Waals surface area contributed by atoms with Crippen molar-refractivity contribution in [1.29, 1.82) is 0 Å². The Morgan fingerprint density at radius 3 is 2.81 bits per heavy atom. The number of anilines is 1. The van der Waals surface area contributed by atoms with Crippen molar-refractivity contribution < 1.29 is 4.74 Å². The van der Waals surface area contributed by atoms with E-state index < -0.39 is 0 Å². The molecule has 1 rings (SSSR count). The molecule has 0 heterocycles. The summed E-state index contributed by atoms with van der Waals surface area (Å²) in [7, 11) is 0. The summed E-state index contributed by atoms with van der Waals surface area (Å²) in [5.41, 5.74) is 8.71. The molecule has 0 spiro atoms. The minimum atomic E-state index is 0.434. The molecule has 0 fully saturated rings. The monoisotopic (exact) mass is 238 g/mol. The van der Waals surface area contributed by atoms with Crippen LogP contribution in [0.25, 0.3) is 0 Å². The normalized spacial score (nSPS) is 10.1. The van der Waals surface area contributed by atoms with E-state index in [0.717, 1.165) is 30.0 Å². The van der Waals surface area contributed by atoms with Gasteiger partial charge in [0.05, 0.1) is 6.61 Å². The lowest BCUT2D eigenvalue weighted by atomic mass is 10.1. The average Bonchev–Trinajstić information content (AvgIpc) is 2.26.